The summed E-state index contributed by atoms with van der Waals surface area (Å²) < 4.78 is 0. The van der Waals surface area contributed by atoms with Crippen molar-refractivity contribution in [1.82, 2.24) is 6.15 Å². The minimum Gasteiger partial charge on any atom is -0.748 e. The largest absolute Gasteiger partial charge is 0.748 e. The maximum absolute atomic E-state index is 2.00. The first kappa shape index (κ1) is 13.7. The van der Waals surface area contributed by atoms with Crippen molar-refractivity contribution in [2.24, 2.45) is 0 Å². The van der Waals surface area contributed by atoms with E-state index in [0.717, 1.165) is 0 Å². The van der Waals surface area contributed by atoms with Crippen molar-refractivity contribution in [3.63, 3.8) is 0 Å². The standard InChI is InChI=1S/2C5H5.Fe.H3N/c2*1-2-4-5-3-1;;/h2*1-5H;;1H3/q-5;-1;;. The van der Waals surface area contributed by atoms with Crippen LogP contribution in [0, 0.1) is 0 Å². The van der Waals surface area contributed by atoms with Crippen LogP contribution >= 0.6 is 0 Å². The predicted octanol–water partition coefficient (Wildman–Crippen LogP) is 2.97. The third-order valence-electron chi connectivity index (χ3n) is 1.11. The molecule has 2 aromatic rings. The van der Waals surface area contributed by atoms with Crippen molar-refractivity contribution in [2.75, 3.05) is 0 Å². The van der Waals surface area contributed by atoms with Crippen LogP contribution in [0.2, 0.25) is 0 Å². The topological polar surface area (TPSA) is 35.0 Å². The Morgan fingerprint density at radius 2 is 1.00 bits per heavy atom. The zero-order chi connectivity index (χ0) is 7.07. The fraction of sp³-hybridized carbons (Fsp3) is 0. The molecule has 2 aromatic carbocycles. The molecule has 0 unspecified atom stereocenters. The van der Waals surface area contributed by atoms with E-state index in [4.69, 9.17) is 0 Å². The molecule has 0 amide bonds. The van der Waals surface area contributed by atoms with Crippen LogP contribution in [0.1, 0.15) is 0 Å². The fourth-order valence-corrected chi connectivity index (χ4v) is 0.642. The van der Waals surface area contributed by atoms with Gasteiger partial charge in [0.25, 0.3) is 0 Å². The average molecular weight is 203 g/mol. The predicted molar refractivity (Wildman–Crippen MR) is 49.1 cm³/mol. The van der Waals surface area contributed by atoms with Crippen molar-refractivity contribution < 1.29 is 17.1 Å². The Balaban J connectivity index is 0. The Kier molecular flexibility index (Phi) is 11.7. The molecule has 72 valence electrons. The van der Waals surface area contributed by atoms with Gasteiger partial charge in [0.1, 0.15) is 0 Å². The first-order valence-corrected chi connectivity index (χ1v) is 3.33. The molecule has 0 aliphatic heterocycles. The van der Waals surface area contributed by atoms with Crippen molar-refractivity contribution in [3.05, 3.63) is 60.7 Å². The molecule has 2 rings (SSSR count). The Morgan fingerprint density at radius 1 is 0.667 bits per heavy atom. The summed E-state index contributed by atoms with van der Waals surface area (Å²) >= 11 is 0. The molecular weight excluding hydrogens is 190 g/mol. The van der Waals surface area contributed by atoms with Gasteiger partial charge in [0.05, 0.1) is 0 Å². The average Bonchev–Trinajstić information content (AvgIpc) is 2.67. The Bertz CT molecular complexity index is 149. The molecule has 2 heteroatoms. The summed E-state index contributed by atoms with van der Waals surface area (Å²) in [6, 6.07) is 20.0. The summed E-state index contributed by atoms with van der Waals surface area (Å²) in [4.78, 5) is 0. The first-order chi connectivity index (χ1) is 5.00. The van der Waals surface area contributed by atoms with Gasteiger partial charge in [0, 0.05) is 17.1 Å². The maximum Gasteiger partial charge on any atom is 0 e. The summed E-state index contributed by atoms with van der Waals surface area (Å²) in [5, 5.41) is 0. The fourth-order valence-electron chi connectivity index (χ4n) is 0.642. The van der Waals surface area contributed by atoms with Crippen molar-refractivity contribution >= 4 is 0 Å². The molecule has 0 radical (unpaired) electrons. The van der Waals surface area contributed by atoms with Gasteiger partial charge in [0.2, 0.25) is 0 Å². The van der Waals surface area contributed by atoms with Crippen LogP contribution in [0.4, 0.5) is 0 Å². The van der Waals surface area contributed by atoms with Crippen LogP contribution in [-0.2, 0) is 17.1 Å². The van der Waals surface area contributed by atoms with Gasteiger partial charge in [-0.1, -0.05) is 0 Å². The molecule has 0 aliphatic rings. The smallest absolute Gasteiger partial charge is 0 e. The molecular formula is C10H13FeN-6. The van der Waals surface area contributed by atoms with Gasteiger partial charge in [-0.05, 0) is 0 Å². The second-order valence-corrected chi connectivity index (χ2v) is 1.92. The number of rotatable bonds is 0. The van der Waals surface area contributed by atoms with Crippen molar-refractivity contribution in [1.29, 1.82) is 0 Å². The molecule has 0 aliphatic carbocycles. The van der Waals surface area contributed by atoms with E-state index < -0.39 is 0 Å². The number of hydrogen-bond donors (Lipinski definition) is 1. The Morgan fingerprint density at radius 3 is 1.17 bits per heavy atom. The second-order valence-electron chi connectivity index (χ2n) is 1.92. The van der Waals surface area contributed by atoms with E-state index in [0.29, 0.717) is 0 Å². The van der Waals surface area contributed by atoms with Crippen molar-refractivity contribution in [2.45, 2.75) is 0 Å². The minimum atomic E-state index is 0. The van der Waals surface area contributed by atoms with E-state index in [9.17, 15) is 0 Å². The third-order valence-corrected chi connectivity index (χ3v) is 1.11. The Labute approximate surface area is 84.2 Å². The first-order valence-electron chi connectivity index (χ1n) is 3.33. The van der Waals surface area contributed by atoms with Gasteiger partial charge in [0.15, 0.2) is 0 Å². The molecule has 3 N–H and O–H groups in total. The van der Waals surface area contributed by atoms with Crippen LogP contribution in [0.3, 0.4) is 0 Å². The van der Waals surface area contributed by atoms with E-state index in [-0.39, 0.29) is 23.2 Å². The summed E-state index contributed by atoms with van der Waals surface area (Å²) in [6.45, 7) is 0. The number of hydrogen-bond acceptors (Lipinski definition) is 1. The van der Waals surface area contributed by atoms with E-state index in [2.05, 4.69) is 0 Å². The minimum absolute atomic E-state index is 0. The SMILES string of the molecule is N.[Fe].[cH-]1[cH-][cH-][cH-][cH-]1.c1cc[cH-]c1. The van der Waals surface area contributed by atoms with E-state index >= 15 is 0 Å². The molecule has 0 heterocycles. The summed E-state index contributed by atoms with van der Waals surface area (Å²) in [5.74, 6) is 0. The summed E-state index contributed by atoms with van der Waals surface area (Å²) in [5.41, 5.74) is 0. The third kappa shape index (κ3) is 7.29. The van der Waals surface area contributed by atoms with E-state index in [1.54, 1.807) is 0 Å². The van der Waals surface area contributed by atoms with Crippen LogP contribution < -0.4 is 6.15 Å². The van der Waals surface area contributed by atoms with Crippen molar-refractivity contribution in [3.8, 4) is 0 Å². The van der Waals surface area contributed by atoms with Gasteiger partial charge in [-0.2, -0.15) is 18.2 Å². The van der Waals surface area contributed by atoms with Gasteiger partial charge >= 0.3 is 0 Å². The molecule has 12 heavy (non-hydrogen) atoms. The molecule has 0 aromatic heterocycles. The second kappa shape index (κ2) is 10.2. The van der Waals surface area contributed by atoms with Gasteiger partial charge < -0.3 is 36.5 Å². The van der Waals surface area contributed by atoms with E-state index in [1.165, 1.54) is 0 Å². The van der Waals surface area contributed by atoms with Gasteiger partial charge in [-0.3, -0.25) is 0 Å². The van der Waals surface area contributed by atoms with Crippen LogP contribution in [-0.4, -0.2) is 0 Å². The molecule has 0 saturated heterocycles. The van der Waals surface area contributed by atoms with Crippen LogP contribution in [0.15, 0.2) is 60.7 Å². The molecule has 0 spiro atoms. The maximum atomic E-state index is 2.00. The molecule has 0 saturated carbocycles. The summed E-state index contributed by atoms with van der Waals surface area (Å²) in [7, 11) is 0. The van der Waals surface area contributed by atoms with Crippen LogP contribution in [0.5, 0.6) is 0 Å². The van der Waals surface area contributed by atoms with Gasteiger partial charge in [-0.25, -0.2) is 12.1 Å². The van der Waals surface area contributed by atoms with Gasteiger partial charge in [-0.15, -0.1) is 0 Å². The monoisotopic (exact) mass is 203 g/mol. The molecule has 0 atom stereocenters. The zero-order valence-corrected chi connectivity index (χ0v) is 7.94. The normalized spacial score (nSPS) is 6.67. The molecule has 1 nitrogen and oxygen atoms in total. The zero-order valence-electron chi connectivity index (χ0n) is 6.83. The van der Waals surface area contributed by atoms with Crippen LogP contribution in [0.25, 0.3) is 0 Å². The summed E-state index contributed by atoms with van der Waals surface area (Å²) in [6.07, 6.45) is 0. The molecule has 0 bridgehead atoms. The molecule has 0 fully saturated rings. The van der Waals surface area contributed by atoms with E-state index in [1.807, 2.05) is 60.7 Å². The quantitative estimate of drug-likeness (QED) is 0.518. The Hall–Kier alpha value is -0.821.